The fraction of sp³-hybridized carbons (Fsp3) is 0.865. The summed E-state index contributed by atoms with van der Waals surface area (Å²) in [6.45, 7) is 28.0. The molecule has 792 valence electrons. The van der Waals surface area contributed by atoms with E-state index in [1.165, 1.54) is 250 Å². The lowest BCUT2D eigenvalue weighted by Gasteiger charge is -2.23. The molecule has 0 unspecified atom stereocenters. The normalized spacial score (nSPS) is 11.5. The third kappa shape index (κ3) is 96.6. The highest BCUT2D eigenvalue weighted by Gasteiger charge is 2.28. The molecule has 0 N–H and O–H groups in total. The molecule has 0 heterocycles. The van der Waals surface area contributed by atoms with Crippen molar-refractivity contribution >= 4 is 86.8 Å². The SMILES string of the molecule is CCCCCC/C=C\COC(=O)CN(CC(=O)OC(CCCCCCCC)CCCCCCCC)C(=O)SCCCCN(C)C.CCCCCC/C=C\COC(=O)CN(CC(=O)OC(CCCCCCCC)CCCCCCCC)C(=O)SCCCN(C)C.CCCCCC/C=C\COC(=O)CN(CC(=O)OC(CCCCCCCC)CCCCCCCC)C(=O)SCCCN(CC)CC. The van der Waals surface area contributed by atoms with Crippen LogP contribution in [-0.4, -0.2) is 237 Å². The van der Waals surface area contributed by atoms with E-state index in [9.17, 15) is 43.2 Å². The number of rotatable bonds is 93. The van der Waals surface area contributed by atoms with Crippen molar-refractivity contribution in [3.63, 3.8) is 0 Å². The van der Waals surface area contributed by atoms with Gasteiger partial charge in [0.15, 0.2) is 0 Å². The first kappa shape index (κ1) is 135. The molecule has 0 bridgehead atoms. The van der Waals surface area contributed by atoms with Gasteiger partial charge in [-0.1, -0.05) is 398 Å². The number of nitrogens with zero attached hydrogens (tertiary/aromatic N) is 6. The number of carbonyl (C=O) groups is 9. The Morgan fingerprint density at radius 1 is 0.230 bits per heavy atom. The van der Waals surface area contributed by atoms with Crippen LogP contribution in [-0.2, 0) is 57.2 Å². The van der Waals surface area contributed by atoms with Crippen molar-refractivity contribution in [3.8, 4) is 0 Å². The lowest BCUT2D eigenvalue weighted by atomic mass is 10.0. The Balaban J connectivity index is -0.00000194. The van der Waals surface area contributed by atoms with Crippen LogP contribution in [0.2, 0.25) is 0 Å². The summed E-state index contributed by atoms with van der Waals surface area (Å²) in [5, 5.41) is -0.834. The van der Waals surface area contributed by atoms with Crippen LogP contribution in [0.3, 0.4) is 0 Å². The average molecular weight is 1970 g/mol. The van der Waals surface area contributed by atoms with E-state index < -0.39 is 35.8 Å². The van der Waals surface area contributed by atoms with Gasteiger partial charge in [-0.2, -0.15) is 0 Å². The standard InChI is InChI=1S/C38H72N2O5S.C37H70N2O5S.C36H68N2O5S/c1-6-11-14-17-20-23-26-31-44-36(41)33-40(38(43)46-32-27-30-39(9-4)10-5)34-37(42)45-35(28-24-21-18-15-12-7-2)29-25-22-19-16-13-8-3;1-6-9-12-15-18-21-25-30-43-35(40)32-39(37(42)45-31-26-24-29-38(4)5)33-36(41)44-34(27-22-19-16-13-10-7-2)28-23-20-17-14-11-8-3;1-6-9-12-15-18-21-24-29-42-34(39)31-38(36(41)44-30-25-28-37(4)5)32-35(40)43-33(26-22-19-16-13-10-7-2)27-23-20-17-14-11-8-3/h23,26,35H,6-22,24-25,27-34H2,1-5H3;21,25,34H,6-20,22-24,26-33H2,1-5H3;21,24,33H,6-20,22-23,25-32H2,1-5H3/b26-23-;25-21-;24-21-. The molecule has 0 aromatic rings. The summed E-state index contributed by atoms with van der Waals surface area (Å²) < 4.78 is 34.1. The lowest BCUT2D eigenvalue weighted by molar-refractivity contribution is -0.153. The van der Waals surface area contributed by atoms with Gasteiger partial charge in [0.1, 0.15) is 77.4 Å². The van der Waals surface area contributed by atoms with E-state index in [0.29, 0.717) is 17.3 Å². The molecule has 21 nitrogen and oxygen atoms in total. The Bertz CT molecular complexity index is 2770. The maximum Gasteiger partial charge on any atom is 0.326 e. The third-order valence-corrected chi connectivity index (χ3v) is 27.0. The first-order valence-electron chi connectivity index (χ1n) is 55.4. The quantitative estimate of drug-likeness (QED) is 0.0238. The van der Waals surface area contributed by atoms with Crippen molar-refractivity contribution in [1.29, 1.82) is 0 Å². The number of thioether (sulfide) groups is 3. The number of amides is 3. The molecule has 0 saturated heterocycles. The summed E-state index contributed by atoms with van der Waals surface area (Å²) in [5.41, 5.74) is 0. The second-order valence-corrected chi connectivity index (χ2v) is 40.8. The number of unbranched alkanes of at least 4 members (excludes halogenated alkanes) is 43. The molecule has 0 saturated carbocycles. The Hall–Kier alpha value is -4.62. The molecular weight excluding hydrogens is 1750 g/mol. The van der Waals surface area contributed by atoms with Crippen LogP contribution in [0.4, 0.5) is 14.4 Å². The molecule has 0 aliphatic carbocycles. The van der Waals surface area contributed by atoms with Gasteiger partial charge in [0.05, 0.1) is 0 Å². The highest BCUT2D eigenvalue weighted by molar-refractivity contribution is 8.14. The number of hydrogen-bond donors (Lipinski definition) is 0. The van der Waals surface area contributed by atoms with Crippen molar-refractivity contribution in [2.24, 2.45) is 0 Å². The molecule has 0 aromatic heterocycles. The summed E-state index contributed by atoms with van der Waals surface area (Å²) in [7, 11) is 8.06. The third-order valence-electron chi connectivity index (χ3n) is 24.0. The number of carbonyl (C=O) groups excluding carboxylic acids is 9. The van der Waals surface area contributed by atoms with E-state index in [1.54, 1.807) is 0 Å². The largest absolute Gasteiger partial charge is 0.461 e. The van der Waals surface area contributed by atoms with E-state index in [4.69, 9.17) is 28.4 Å². The van der Waals surface area contributed by atoms with E-state index in [0.717, 1.165) is 224 Å². The van der Waals surface area contributed by atoms with Crippen LogP contribution in [0.25, 0.3) is 0 Å². The highest BCUT2D eigenvalue weighted by atomic mass is 32.2. The molecular formula is C111H210N6O15S3. The Kier molecular flexibility index (Phi) is 105. The van der Waals surface area contributed by atoms with Crippen LogP contribution >= 0.6 is 35.3 Å². The minimum atomic E-state index is -0.508. The van der Waals surface area contributed by atoms with Gasteiger partial charge in [0, 0.05) is 17.3 Å². The number of allylic oxidation sites excluding steroid dienone is 3. The zero-order valence-corrected chi connectivity index (χ0v) is 92.3. The summed E-state index contributed by atoms with van der Waals surface area (Å²) >= 11 is 3.48. The maximum atomic E-state index is 13.2. The molecule has 135 heavy (non-hydrogen) atoms. The van der Waals surface area contributed by atoms with Gasteiger partial charge in [-0.05, 0) is 202 Å². The number of esters is 6. The minimum absolute atomic E-state index is 0.139. The van der Waals surface area contributed by atoms with Gasteiger partial charge >= 0.3 is 35.8 Å². The first-order valence-corrected chi connectivity index (χ1v) is 58.3. The molecule has 24 heteroatoms. The van der Waals surface area contributed by atoms with Crippen molar-refractivity contribution in [2.45, 2.75) is 486 Å². The molecule has 0 aromatic carbocycles. The molecule has 0 rings (SSSR count). The van der Waals surface area contributed by atoms with Crippen LogP contribution in [0.5, 0.6) is 0 Å². The number of hydrogen-bond acceptors (Lipinski definition) is 21. The molecule has 0 atom stereocenters. The van der Waals surface area contributed by atoms with Crippen molar-refractivity contribution in [1.82, 2.24) is 29.4 Å². The molecule has 0 radical (unpaired) electrons. The molecule has 0 fully saturated rings. The Labute approximate surface area is 842 Å². The predicted octanol–water partition coefficient (Wildman–Crippen LogP) is 29.9. The van der Waals surface area contributed by atoms with E-state index >= 15 is 0 Å². The zero-order chi connectivity index (χ0) is 100. The smallest absolute Gasteiger partial charge is 0.326 e. The average Bonchev–Trinajstić information content (AvgIpc) is 0.902. The monoisotopic (exact) mass is 1960 g/mol. The Morgan fingerprint density at radius 3 is 0.674 bits per heavy atom. The van der Waals surface area contributed by atoms with Gasteiger partial charge in [-0.3, -0.25) is 43.2 Å². The molecule has 0 aliphatic heterocycles. The summed E-state index contributed by atoms with van der Waals surface area (Å²) in [4.78, 5) is 127. The van der Waals surface area contributed by atoms with E-state index in [1.807, 2.05) is 64.6 Å². The summed E-state index contributed by atoms with van der Waals surface area (Å²) in [5.74, 6) is -0.913. The molecule has 0 spiro atoms. The van der Waals surface area contributed by atoms with Crippen molar-refractivity contribution in [2.75, 3.05) is 137 Å². The van der Waals surface area contributed by atoms with Gasteiger partial charge < -0.3 is 57.8 Å². The fourth-order valence-corrected chi connectivity index (χ4v) is 17.9. The first-order chi connectivity index (χ1) is 65.6. The van der Waals surface area contributed by atoms with Crippen molar-refractivity contribution in [3.05, 3.63) is 36.5 Å². The minimum Gasteiger partial charge on any atom is -0.461 e. The maximum absolute atomic E-state index is 13.2. The van der Waals surface area contributed by atoms with Gasteiger partial charge in [0.2, 0.25) is 0 Å². The van der Waals surface area contributed by atoms with Gasteiger partial charge in [-0.15, -0.1) is 0 Å². The molecule has 3 amide bonds. The summed E-state index contributed by atoms with van der Waals surface area (Å²) in [6.07, 6.45) is 80.2. The van der Waals surface area contributed by atoms with Gasteiger partial charge in [0.25, 0.3) is 15.7 Å². The van der Waals surface area contributed by atoms with Crippen LogP contribution in [0.1, 0.15) is 468 Å². The van der Waals surface area contributed by atoms with Crippen LogP contribution < -0.4 is 0 Å². The van der Waals surface area contributed by atoms with Crippen LogP contribution in [0, 0.1) is 0 Å². The summed E-state index contributed by atoms with van der Waals surface area (Å²) in [6, 6.07) is 0. The number of ether oxygens (including phenoxy) is 6. The second kappa shape index (κ2) is 105. The van der Waals surface area contributed by atoms with E-state index in [2.05, 4.69) is 90.9 Å². The van der Waals surface area contributed by atoms with Gasteiger partial charge in [-0.25, -0.2) is 0 Å². The molecule has 0 aliphatic rings. The van der Waals surface area contributed by atoms with Crippen LogP contribution in [0.15, 0.2) is 36.5 Å². The Morgan fingerprint density at radius 2 is 0.437 bits per heavy atom. The zero-order valence-electron chi connectivity index (χ0n) is 89.9. The lowest BCUT2D eigenvalue weighted by Crippen LogP contribution is -2.39. The second-order valence-electron chi connectivity index (χ2n) is 37.6. The fourth-order valence-electron chi connectivity index (χ4n) is 15.5. The van der Waals surface area contributed by atoms with Crippen molar-refractivity contribution < 1.29 is 71.6 Å². The van der Waals surface area contributed by atoms with E-state index in [-0.39, 0.29) is 93.1 Å². The highest BCUT2D eigenvalue weighted by Crippen LogP contribution is 2.24. The topological polar surface area (TPSA) is 228 Å². The predicted molar refractivity (Wildman–Crippen MR) is 576 cm³/mol.